The maximum Gasteiger partial charge on any atom is 0.264 e. The highest BCUT2D eigenvalue weighted by atomic mass is 35.5. The van der Waals surface area contributed by atoms with Gasteiger partial charge in [-0.25, -0.2) is 9.38 Å². The molecular weight excluding hydrogens is 375 g/mol. The van der Waals surface area contributed by atoms with Crippen LogP contribution in [0.3, 0.4) is 0 Å². The van der Waals surface area contributed by atoms with Gasteiger partial charge in [0.05, 0.1) is 15.6 Å². The molecule has 1 N–H and O–H groups in total. The third kappa shape index (κ3) is 4.33. The van der Waals surface area contributed by atoms with Crippen molar-refractivity contribution in [2.45, 2.75) is 0 Å². The maximum absolute atomic E-state index is 13.2. The SMILES string of the molecule is C=CCOc1ccccc1C=C1SC(=Nc2ccc(F)c(Cl)c2)NC1=O. The van der Waals surface area contributed by atoms with Crippen LogP contribution < -0.4 is 10.1 Å². The fraction of sp³-hybridized carbons (Fsp3) is 0.0526. The topological polar surface area (TPSA) is 50.7 Å². The van der Waals surface area contributed by atoms with Crippen LogP contribution in [0.25, 0.3) is 6.08 Å². The van der Waals surface area contributed by atoms with Crippen molar-refractivity contribution in [2.75, 3.05) is 6.61 Å². The third-order valence-corrected chi connectivity index (χ3v) is 4.55. The van der Waals surface area contributed by atoms with Gasteiger partial charge in [-0.3, -0.25) is 4.79 Å². The molecule has 4 nitrogen and oxygen atoms in total. The second-order valence-electron chi connectivity index (χ2n) is 5.22. The Kier molecular flexibility index (Phi) is 5.75. The summed E-state index contributed by atoms with van der Waals surface area (Å²) in [4.78, 5) is 17.0. The smallest absolute Gasteiger partial charge is 0.264 e. The summed E-state index contributed by atoms with van der Waals surface area (Å²) < 4.78 is 18.8. The predicted octanol–water partition coefficient (Wildman–Crippen LogP) is 4.94. The van der Waals surface area contributed by atoms with Gasteiger partial charge in [-0.05, 0) is 42.1 Å². The number of amides is 1. The molecule has 0 saturated carbocycles. The molecule has 2 aromatic carbocycles. The van der Waals surface area contributed by atoms with E-state index < -0.39 is 5.82 Å². The van der Waals surface area contributed by atoms with E-state index in [2.05, 4.69) is 16.9 Å². The summed E-state index contributed by atoms with van der Waals surface area (Å²) in [5.41, 5.74) is 1.23. The molecule has 1 fully saturated rings. The minimum atomic E-state index is -0.518. The number of aliphatic imine (C=N–C) groups is 1. The lowest BCUT2D eigenvalue weighted by Crippen LogP contribution is -2.19. The van der Waals surface area contributed by atoms with Gasteiger partial charge in [0.1, 0.15) is 18.2 Å². The average molecular weight is 389 g/mol. The van der Waals surface area contributed by atoms with Crippen molar-refractivity contribution in [1.82, 2.24) is 5.32 Å². The molecule has 0 unspecified atom stereocenters. The van der Waals surface area contributed by atoms with Gasteiger partial charge in [0, 0.05) is 5.56 Å². The van der Waals surface area contributed by atoms with E-state index in [-0.39, 0.29) is 10.9 Å². The Labute approximate surface area is 159 Å². The highest BCUT2D eigenvalue weighted by Gasteiger charge is 2.24. The van der Waals surface area contributed by atoms with Crippen LogP contribution in [0.2, 0.25) is 5.02 Å². The lowest BCUT2D eigenvalue weighted by molar-refractivity contribution is -0.115. The molecule has 1 aliphatic heterocycles. The van der Waals surface area contributed by atoms with E-state index in [1.807, 2.05) is 24.3 Å². The maximum atomic E-state index is 13.2. The van der Waals surface area contributed by atoms with Crippen LogP contribution >= 0.6 is 23.4 Å². The zero-order chi connectivity index (χ0) is 18.5. The van der Waals surface area contributed by atoms with Crippen molar-refractivity contribution in [3.05, 3.63) is 76.4 Å². The molecule has 0 aromatic heterocycles. The van der Waals surface area contributed by atoms with Crippen LogP contribution in [-0.2, 0) is 4.79 Å². The van der Waals surface area contributed by atoms with Gasteiger partial charge < -0.3 is 10.1 Å². The Morgan fingerprint density at radius 3 is 2.88 bits per heavy atom. The first kappa shape index (κ1) is 18.2. The van der Waals surface area contributed by atoms with E-state index in [0.29, 0.717) is 28.1 Å². The minimum absolute atomic E-state index is 0.0229. The van der Waals surface area contributed by atoms with Crippen molar-refractivity contribution >= 4 is 46.2 Å². The molecule has 0 radical (unpaired) electrons. The first-order valence-electron chi connectivity index (χ1n) is 7.64. The van der Waals surface area contributed by atoms with E-state index in [1.165, 1.54) is 30.0 Å². The summed E-state index contributed by atoms with van der Waals surface area (Å²) in [6.45, 7) is 4.00. The van der Waals surface area contributed by atoms with Crippen molar-refractivity contribution < 1.29 is 13.9 Å². The van der Waals surface area contributed by atoms with E-state index in [4.69, 9.17) is 16.3 Å². The number of amidine groups is 1. The van der Waals surface area contributed by atoms with Crippen LogP contribution in [0.1, 0.15) is 5.56 Å². The average Bonchev–Trinajstić information content (AvgIpc) is 2.96. The number of hydrogen-bond donors (Lipinski definition) is 1. The van der Waals surface area contributed by atoms with Crippen molar-refractivity contribution in [1.29, 1.82) is 0 Å². The van der Waals surface area contributed by atoms with Crippen LogP contribution in [0.15, 0.2) is 65.0 Å². The van der Waals surface area contributed by atoms with Gasteiger partial charge in [-0.1, -0.05) is 42.5 Å². The number of benzene rings is 2. The van der Waals surface area contributed by atoms with E-state index >= 15 is 0 Å². The summed E-state index contributed by atoms with van der Waals surface area (Å²) in [6.07, 6.45) is 3.39. The fourth-order valence-electron chi connectivity index (χ4n) is 2.17. The second kappa shape index (κ2) is 8.21. The zero-order valence-electron chi connectivity index (χ0n) is 13.5. The van der Waals surface area contributed by atoms with Crippen LogP contribution in [0, 0.1) is 5.82 Å². The molecule has 3 rings (SSSR count). The highest BCUT2D eigenvalue weighted by Crippen LogP contribution is 2.31. The first-order chi connectivity index (χ1) is 12.6. The molecule has 26 heavy (non-hydrogen) atoms. The summed E-state index contributed by atoms with van der Waals surface area (Å²) >= 11 is 6.94. The number of thioether (sulfide) groups is 1. The number of carbonyl (C=O) groups is 1. The number of hydrogen-bond acceptors (Lipinski definition) is 4. The Morgan fingerprint density at radius 1 is 1.31 bits per heavy atom. The van der Waals surface area contributed by atoms with Gasteiger partial charge in [0.15, 0.2) is 5.17 Å². The summed E-state index contributed by atoms with van der Waals surface area (Å²) in [5.74, 6) is -0.125. The van der Waals surface area contributed by atoms with Gasteiger partial charge in [-0.2, -0.15) is 0 Å². The quantitative estimate of drug-likeness (QED) is 0.583. The summed E-state index contributed by atoms with van der Waals surface area (Å²) in [5, 5.41) is 3.06. The van der Waals surface area contributed by atoms with E-state index in [0.717, 1.165) is 5.56 Å². The molecule has 0 bridgehead atoms. The molecule has 0 spiro atoms. The number of carbonyl (C=O) groups excluding carboxylic acids is 1. The summed E-state index contributed by atoms with van der Waals surface area (Å²) in [6, 6.07) is 11.5. The lowest BCUT2D eigenvalue weighted by atomic mass is 10.2. The van der Waals surface area contributed by atoms with Crippen molar-refractivity contribution in [3.8, 4) is 5.75 Å². The van der Waals surface area contributed by atoms with Gasteiger partial charge in [0.25, 0.3) is 5.91 Å². The van der Waals surface area contributed by atoms with Gasteiger partial charge >= 0.3 is 0 Å². The third-order valence-electron chi connectivity index (χ3n) is 3.35. The molecule has 1 heterocycles. The number of rotatable bonds is 5. The van der Waals surface area contributed by atoms with E-state index in [1.54, 1.807) is 12.2 Å². The van der Waals surface area contributed by atoms with Gasteiger partial charge in [0.2, 0.25) is 0 Å². The second-order valence-corrected chi connectivity index (χ2v) is 6.66. The number of para-hydroxylation sites is 1. The molecule has 2 aromatic rings. The zero-order valence-corrected chi connectivity index (χ0v) is 15.1. The predicted molar refractivity (Wildman–Crippen MR) is 104 cm³/mol. The van der Waals surface area contributed by atoms with Crippen LogP contribution in [0.4, 0.5) is 10.1 Å². The Bertz CT molecular complexity index is 928. The number of halogens is 2. The Morgan fingerprint density at radius 2 is 2.12 bits per heavy atom. The molecule has 1 aliphatic rings. The Balaban J connectivity index is 1.83. The van der Waals surface area contributed by atoms with Crippen molar-refractivity contribution in [3.63, 3.8) is 0 Å². The lowest BCUT2D eigenvalue weighted by Gasteiger charge is -2.06. The minimum Gasteiger partial charge on any atom is -0.489 e. The molecule has 132 valence electrons. The molecule has 0 atom stereocenters. The highest BCUT2D eigenvalue weighted by molar-refractivity contribution is 8.18. The normalized spacial score (nSPS) is 16.8. The largest absolute Gasteiger partial charge is 0.489 e. The molecule has 7 heteroatoms. The first-order valence-corrected chi connectivity index (χ1v) is 8.83. The van der Waals surface area contributed by atoms with Crippen molar-refractivity contribution in [2.24, 2.45) is 4.99 Å². The monoisotopic (exact) mass is 388 g/mol. The number of ether oxygens (including phenoxy) is 1. The number of nitrogens with one attached hydrogen (secondary N) is 1. The number of nitrogens with zero attached hydrogens (tertiary/aromatic N) is 1. The molecule has 1 amide bonds. The van der Waals surface area contributed by atoms with E-state index in [9.17, 15) is 9.18 Å². The Hall–Kier alpha value is -2.57. The van der Waals surface area contributed by atoms with Crippen LogP contribution in [-0.4, -0.2) is 17.7 Å². The standard InChI is InChI=1S/C19H14ClFN2O2S/c1-2-9-25-16-6-4-3-5-12(16)10-17-18(24)23-19(26-17)22-13-7-8-15(21)14(20)11-13/h2-8,10-11H,1,9H2,(H,22,23,24). The van der Waals surface area contributed by atoms with Gasteiger partial charge in [-0.15, -0.1) is 0 Å². The molecule has 1 saturated heterocycles. The van der Waals surface area contributed by atoms with Crippen LogP contribution in [0.5, 0.6) is 5.75 Å². The molecular formula is C19H14ClFN2O2S. The fourth-order valence-corrected chi connectivity index (χ4v) is 3.18. The molecule has 0 aliphatic carbocycles. The summed E-state index contributed by atoms with van der Waals surface area (Å²) in [7, 11) is 0.